The van der Waals surface area contributed by atoms with E-state index in [1.807, 2.05) is 6.92 Å². The predicted molar refractivity (Wildman–Crippen MR) is 56.7 cm³/mol. The average Bonchev–Trinajstić information content (AvgIpc) is 2.11. The van der Waals surface area contributed by atoms with Gasteiger partial charge in [0.2, 0.25) is 0 Å². The highest BCUT2D eigenvalue weighted by atomic mass is 35.5. The Morgan fingerprint density at radius 2 is 2.07 bits per heavy atom. The van der Waals surface area contributed by atoms with Gasteiger partial charge in [-0.3, -0.25) is 4.79 Å². The Morgan fingerprint density at radius 3 is 2.57 bits per heavy atom. The molecular formula is C11H13ClO2. The first-order valence-electron chi connectivity index (χ1n) is 4.48. The van der Waals surface area contributed by atoms with Crippen LogP contribution in [0.1, 0.15) is 19.4 Å². The summed E-state index contributed by atoms with van der Waals surface area (Å²) in [5.41, 5.74) is 0.903. The number of halogens is 1. The summed E-state index contributed by atoms with van der Waals surface area (Å²) in [5.74, 6) is 0.198. The lowest BCUT2D eigenvalue weighted by atomic mass is 10.2. The predicted octanol–water partition coefficient (Wildman–Crippen LogP) is 3.21. The summed E-state index contributed by atoms with van der Waals surface area (Å²) >= 11 is 5.84. The number of carbonyl (C=O) groups is 1. The number of carbonyl (C=O) groups excluding carboxylic acids is 1. The summed E-state index contributed by atoms with van der Waals surface area (Å²) in [7, 11) is 0. The highest BCUT2D eigenvalue weighted by Crippen LogP contribution is 2.21. The molecule has 0 aliphatic carbocycles. The van der Waals surface area contributed by atoms with E-state index in [0.29, 0.717) is 10.8 Å². The lowest BCUT2D eigenvalue weighted by Crippen LogP contribution is -2.14. The van der Waals surface area contributed by atoms with Crippen LogP contribution in [0.3, 0.4) is 0 Å². The molecule has 0 heterocycles. The Morgan fingerprint density at radius 1 is 1.43 bits per heavy atom. The van der Waals surface area contributed by atoms with Gasteiger partial charge in [0.05, 0.1) is 5.92 Å². The smallest absolute Gasteiger partial charge is 0.313 e. The van der Waals surface area contributed by atoms with Crippen molar-refractivity contribution < 1.29 is 9.53 Å². The highest BCUT2D eigenvalue weighted by Gasteiger charge is 2.09. The second-order valence-corrected chi connectivity index (χ2v) is 3.89. The fourth-order valence-electron chi connectivity index (χ4n) is 0.915. The molecule has 0 bridgehead atoms. The summed E-state index contributed by atoms with van der Waals surface area (Å²) in [5, 5.41) is 0.675. The van der Waals surface area contributed by atoms with Gasteiger partial charge in [0, 0.05) is 5.02 Å². The van der Waals surface area contributed by atoms with Crippen molar-refractivity contribution in [2.24, 2.45) is 5.92 Å². The van der Waals surface area contributed by atoms with E-state index in [0.717, 1.165) is 5.56 Å². The van der Waals surface area contributed by atoms with Gasteiger partial charge in [-0.05, 0) is 30.7 Å². The van der Waals surface area contributed by atoms with Gasteiger partial charge >= 0.3 is 5.97 Å². The molecular weight excluding hydrogens is 200 g/mol. The molecule has 0 amide bonds. The Bertz CT molecular complexity index is 345. The number of benzene rings is 1. The molecule has 14 heavy (non-hydrogen) atoms. The van der Waals surface area contributed by atoms with Gasteiger partial charge in [0.1, 0.15) is 5.75 Å². The monoisotopic (exact) mass is 212 g/mol. The summed E-state index contributed by atoms with van der Waals surface area (Å²) in [6, 6.07) is 5.16. The molecule has 0 aromatic heterocycles. The SMILES string of the molecule is Cc1cc(OC(=O)C(C)C)ccc1Cl. The molecule has 0 spiro atoms. The minimum atomic E-state index is -0.230. The molecule has 0 aliphatic heterocycles. The van der Waals surface area contributed by atoms with Crippen LogP contribution < -0.4 is 4.74 Å². The molecule has 0 atom stereocenters. The summed E-state index contributed by atoms with van der Waals surface area (Å²) in [6.07, 6.45) is 0. The van der Waals surface area contributed by atoms with Gasteiger partial charge in [-0.2, -0.15) is 0 Å². The summed E-state index contributed by atoms with van der Waals surface area (Å²) in [6.45, 7) is 5.46. The zero-order valence-corrected chi connectivity index (χ0v) is 9.26. The molecule has 76 valence electrons. The lowest BCUT2D eigenvalue weighted by molar-refractivity contribution is -0.137. The van der Waals surface area contributed by atoms with Crippen LogP contribution in [0, 0.1) is 12.8 Å². The number of rotatable bonds is 2. The number of ether oxygens (including phenoxy) is 1. The Hall–Kier alpha value is -1.02. The fraction of sp³-hybridized carbons (Fsp3) is 0.364. The van der Waals surface area contributed by atoms with Crippen molar-refractivity contribution in [3.05, 3.63) is 28.8 Å². The van der Waals surface area contributed by atoms with Crippen molar-refractivity contribution >= 4 is 17.6 Å². The second-order valence-electron chi connectivity index (χ2n) is 3.49. The van der Waals surface area contributed by atoms with Crippen LogP contribution in [0.4, 0.5) is 0 Å². The molecule has 0 unspecified atom stereocenters. The number of hydrogen-bond acceptors (Lipinski definition) is 2. The van der Waals surface area contributed by atoms with Crippen LogP contribution in [0.5, 0.6) is 5.75 Å². The fourth-order valence-corrected chi connectivity index (χ4v) is 1.03. The standard InChI is InChI=1S/C11H13ClO2/c1-7(2)11(13)14-9-4-5-10(12)8(3)6-9/h4-7H,1-3H3. The van der Waals surface area contributed by atoms with Crippen LogP contribution in [-0.2, 0) is 4.79 Å². The maximum atomic E-state index is 11.3. The van der Waals surface area contributed by atoms with E-state index < -0.39 is 0 Å². The Balaban J connectivity index is 2.78. The highest BCUT2D eigenvalue weighted by molar-refractivity contribution is 6.31. The molecule has 0 saturated carbocycles. The minimum absolute atomic E-state index is 0.119. The molecule has 2 nitrogen and oxygen atoms in total. The largest absolute Gasteiger partial charge is 0.426 e. The van der Waals surface area contributed by atoms with Gasteiger partial charge in [-0.15, -0.1) is 0 Å². The second kappa shape index (κ2) is 4.47. The van der Waals surface area contributed by atoms with Crippen molar-refractivity contribution in [2.45, 2.75) is 20.8 Å². The quantitative estimate of drug-likeness (QED) is 0.556. The van der Waals surface area contributed by atoms with E-state index in [4.69, 9.17) is 16.3 Å². The third kappa shape index (κ3) is 2.74. The maximum absolute atomic E-state index is 11.3. The third-order valence-electron chi connectivity index (χ3n) is 1.82. The minimum Gasteiger partial charge on any atom is -0.426 e. The number of aryl methyl sites for hydroxylation is 1. The van der Waals surface area contributed by atoms with Gasteiger partial charge in [0.15, 0.2) is 0 Å². The van der Waals surface area contributed by atoms with E-state index in [2.05, 4.69) is 0 Å². The normalized spacial score (nSPS) is 10.4. The van der Waals surface area contributed by atoms with Crippen LogP contribution in [0.15, 0.2) is 18.2 Å². The molecule has 3 heteroatoms. The molecule has 0 fully saturated rings. The van der Waals surface area contributed by atoms with E-state index in [9.17, 15) is 4.79 Å². The van der Waals surface area contributed by atoms with Crippen LogP contribution in [0.2, 0.25) is 5.02 Å². The van der Waals surface area contributed by atoms with Gasteiger partial charge in [0.25, 0.3) is 0 Å². The van der Waals surface area contributed by atoms with E-state index in [1.54, 1.807) is 32.0 Å². The molecule has 1 aromatic carbocycles. The summed E-state index contributed by atoms with van der Waals surface area (Å²) < 4.78 is 5.11. The lowest BCUT2D eigenvalue weighted by Gasteiger charge is -2.07. The van der Waals surface area contributed by atoms with E-state index in [1.165, 1.54) is 0 Å². The van der Waals surface area contributed by atoms with Crippen LogP contribution in [0.25, 0.3) is 0 Å². The third-order valence-corrected chi connectivity index (χ3v) is 2.24. The first-order valence-corrected chi connectivity index (χ1v) is 4.86. The summed E-state index contributed by atoms with van der Waals surface area (Å²) in [4.78, 5) is 11.3. The Labute approximate surface area is 88.8 Å². The average molecular weight is 213 g/mol. The van der Waals surface area contributed by atoms with E-state index in [-0.39, 0.29) is 11.9 Å². The zero-order chi connectivity index (χ0) is 10.7. The zero-order valence-electron chi connectivity index (χ0n) is 8.50. The molecule has 0 aliphatic rings. The first-order chi connectivity index (χ1) is 6.50. The van der Waals surface area contributed by atoms with Gasteiger partial charge < -0.3 is 4.74 Å². The molecule has 1 aromatic rings. The van der Waals surface area contributed by atoms with Crippen molar-refractivity contribution in [1.82, 2.24) is 0 Å². The Kier molecular flexibility index (Phi) is 3.53. The number of hydrogen-bond donors (Lipinski definition) is 0. The maximum Gasteiger partial charge on any atom is 0.313 e. The van der Waals surface area contributed by atoms with Gasteiger partial charge in [-0.1, -0.05) is 25.4 Å². The molecule has 1 rings (SSSR count). The van der Waals surface area contributed by atoms with Crippen LogP contribution in [-0.4, -0.2) is 5.97 Å². The molecule has 0 saturated heterocycles. The van der Waals surface area contributed by atoms with Gasteiger partial charge in [-0.25, -0.2) is 0 Å². The van der Waals surface area contributed by atoms with Crippen molar-refractivity contribution in [3.8, 4) is 5.75 Å². The van der Waals surface area contributed by atoms with Crippen molar-refractivity contribution in [3.63, 3.8) is 0 Å². The molecule has 0 radical (unpaired) electrons. The number of esters is 1. The van der Waals surface area contributed by atoms with E-state index >= 15 is 0 Å². The van der Waals surface area contributed by atoms with Crippen molar-refractivity contribution in [1.29, 1.82) is 0 Å². The van der Waals surface area contributed by atoms with Crippen molar-refractivity contribution in [2.75, 3.05) is 0 Å². The topological polar surface area (TPSA) is 26.3 Å². The molecule has 0 N–H and O–H groups in total. The first kappa shape index (κ1) is 11.1. The van der Waals surface area contributed by atoms with Crippen LogP contribution >= 0.6 is 11.6 Å².